The monoisotopic (exact) mass is 490 g/mol. The van der Waals surface area contributed by atoms with Crippen molar-refractivity contribution in [3.8, 4) is 28.3 Å². The van der Waals surface area contributed by atoms with Gasteiger partial charge in [-0.15, -0.1) is 0 Å². The second-order valence-corrected chi connectivity index (χ2v) is 8.33. The maximum Gasteiger partial charge on any atom is 0.234 e. The lowest BCUT2D eigenvalue weighted by atomic mass is 10.0. The lowest BCUT2D eigenvalue weighted by Gasteiger charge is -2.26. The van der Waals surface area contributed by atoms with Crippen LogP contribution in [-0.4, -0.2) is 65.6 Å². The van der Waals surface area contributed by atoms with Gasteiger partial charge in [-0.2, -0.15) is 0 Å². The molecule has 8 nitrogen and oxygen atoms in total. The lowest BCUT2D eigenvalue weighted by Crippen LogP contribution is -2.48. The van der Waals surface area contributed by atoms with Crippen LogP contribution in [0.2, 0.25) is 0 Å². The van der Waals surface area contributed by atoms with Crippen LogP contribution < -0.4 is 15.4 Å². The molecule has 1 fully saturated rings. The molecule has 5 rings (SSSR count). The van der Waals surface area contributed by atoms with Gasteiger partial charge in [-0.05, 0) is 35.9 Å². The van der Waals surface area contributed by atoms with E-state index >= 15 is 0 Å². The van der Waals surface area contributed by atoms with Gasteiger partial charge in [0.05, 0.1) is 6.54 Å². The van der Waals surface area contributed by atoms with Crippen molar-refractivity contribution in [1.29, 1.82) is 0 Å². The zero-order chi connectivity index (χ0) is 25.1. The van der Waals surface area contributed by atoms with Crippen molar-refractivity contribution in [2.45, 2.75) is 0 Å². The number of hydrogen-bond acceptors (Lipinski definition) is 7. The van der Waals surface area contributed by atoms with Crippen LogP contribution >= 0.6 is 0 Å². The predicted octanol–water partition coefficient (Wildman–Crippen LogP) is 3.49. The van der Waals surface area contributed by atoms with Crippen molar-refractivity contribution < 1.29 is 18.3 Å². The zero-order valence-electron chi connectivity index (χ0n) is 19.6. The number of rotatable bonds is 7. The van der Waals surface area contributed by atoms with E-state index in [1.54, 1.807) is 37.6 Å². The van der Waals surface area contributed by atoms with E-state index in [1.165, 1.54) is 12.1 Å². The predicted molar refractivity (Wildman–Crippen MR) is 133 cm³/mol. The van der Waals surface area contributed by atoms with E-state index in [4.69, 9.17) is 9.72 Å². The third-order valence-electron chi connectivity index (χ3n) is 5.97. The largest absolute Gasteiger partial charge is 0.490 e. The van der Waals surface area contributed by atoms with Crippen molar-refractivity contribution in [3.05, 3.63) is 66.5 Å². The number of ether oxygens (including phenoxy) is 1. The van der Waals surface area contributed by atoms with Crippen LogP contribution in [-0.2, 0) is 4.79 Å². The summed E-state index contributed by atoms with van der Waals surface area (Å²) in [7, 11) is 1.73. The number of carbonyl (C=O) groups is 1. The number of hydrogen-bond donors (Lipinski definition) is 2. The molecule has 0 radical (unpaired) electrons. The molecule has 3 heterocycles. The molecule has 2 aromatic heterocycles. The van der Waals surface area contributed by atoms with Crippen molar-refractivity contribution >= 4 is 22.6 Å². The minimum Gasteiger partial charge on any atom is -0.490 e. The van der Waals surface area contributed by atoms with E-state index < -0.39 is 11.6 Å². The number of benzene rings is 2. The van der Waals surface area contributed by atoms with Crippen LogP contribution in [0.3, 0.4) is 0 Å². The fourth-order valence-electron chi connectivity index (χ4n) is 4.17. The first kappa shape index (κ1) is 23.6. The second-order valence-electron chi connectivity index (χ2n) is 8.33. The van der Waals surface area contributed by atoms with Crippen LogP contribution in [0.25, 0.3) is 33.4 Å². The Kier molecular flexibility index (Phi) is 6.68. The molecule has 1 aliphatic heterocycles. The summed E-state index contributed by atoms with van der Waals surface area (Å²) >= 11 is 0. The Morgan fingerprint density at radius 3 is 2.81 bits per heavy atom. The van der Waals surface area contributed by atoms with E-state index in [2.05, 4.69) is 20.6 Å². The molecular weight excluding hydrogens is 466 g/mol. The summed E-state index contributed by atoms with van der Waals surface area (Å²) in [6.07, 6.45) is 3.33. The Hall–Kier alpha value is -4.18. The first-order valence-electron chi connectivity index (χ1n) is 11.5. The van der Waals surface area contributed by atoms with Gasteiger partial charge in [0.25, 0.3) is 0 Å². The van der Waals surface area contributed by atoms with Crippen molar-refractivity contribution in [2.75, 3.05) is 45.2 Å². The van der Waals surface area contributed by atoms with E-state index in [1.807, 2.05) is 11.0 Å². The van der Waals surface area contributed by atoms with Gasteiger partial charge in [-0.1, -0.05) is 12.1 Å². The van der Waals surface area contributed by atoms with Gasteiger partial charge in [0.1, 0.15) is 23.7 Å². The molecule has 36 heavy (non-hydrogen) atoms. The van der Waals surface area contributed by atoms with Crippen LogP contribution in [0.5, 0.6) is 5.75 Å². The Morgan fingerprint density at radius 1 is 1.14 bits per heavy atom. The third-order valence-corrected chi connectivity index (χ3v) is 5.97. The second kappa shape index (κ2) is 10.2. The Morgan fingerprint density at radius 2 is 2.03 bits per heavy atom. The Bertz CT molecular complexity index is 1420. The summed E-state index contributed by atoms with van der Waals surface area (Å²) in [6, 6.07) is 11.1. The van der Waals surface area contributed by atoms with E-state index in [9.17, 15) is 13.6 Å². The molecule has 2 aromatic carbocycles. The van der Waals surface area contributed by atoms with Gasteiger partial charge in [0, 0.05) is 55.6 Å². The van der Waals surface area contributed by atoms with Crippen molar-refractivity contribution in [3.63, 3.8) is 0 Å². The van der Waals surface area contributed by atoms with Crippen molar-refractivity contribution in [1.82, 2.24) is 25.2 Å². The molecule has 10 heteroatoms. The minimum absolute atomic E-state index is 0.0252. The molecule has 4 aromatic rings. The smallest absolute Gasteiger partial charge is 0.234 e. The fourth-order valence-corrected chi connectivity index (χ4v) is 4.17. The van der Waals surface area contributed by atoms with Gasteiger partial charge in [-0.25, -0.2) is 18.7 Å². The maximum atomic E-state index is 14.7. The standard InChI is InChI=1S/C26H24F2N6O2/c1-29-26-19-12-17(18-5-2-6-20(27)23(18)28)13-21(36-11-10-34-9-8-31-22(35)15-34)24(19)32-25(33-26)16-4-3-7-30-14-16/h2-7,12-14H,8-11,15H2,1H3,(H,31,35)(H,29,32,33). The quantitative estimate of drug-likeness (QED) is 0.410. The molecule has 0 atom stereocenters. The summed E-state index contributed by atoms with van der Waals surface area (Å²) in [4.78, 5) is 27.2. The van der Waals surface area contributed by atoms with Gasteiger partial charge < -0.3 is 15.4 Å². The topological polar surface area (TPSA) is 92.3 Å². The van der Waals surface area contributed by atoms with Gasteiger partial charge >= 0.3 is 0 Å². The number of nitrogens with zero attached hydrogens (tertiary/aromatic N) is 4. The number of fused-ring (bicyclic) bond motifs is 1. The summed E-state index contributed by atoms with van der Waals surface area (Å²) < 4.78 is 34.9. The highest BCUT2D eigenvalue weighted by atomic mass is 19.2. The average molecular weight is 491 g/mol. The number of carbonyl (C=O) groups excluding carboxylic acids is 1. The van der Waals surface area contributed by atoms with Gasteiger partial charge in [-0.3, -0.25) is 14.7 Å². The summed E-state index contributed by atoms with van der Waals surface area (Å²) in [5.41, 5.74) is 1.78. The highest BCUT2D eigenvalue weighted by molar-refractivity contribution is 5.97. The van der Waals surface area contributed by atoms with Crippen LogP contribution in [0.4, 0.5) is 14.6 Å². The molecule has 1 aliphatic rings. The first-order chi connectivity index (χ1) is 17.5. The highest BCUT2D eigenvalue weighted by Crippen LogP contribution is 2.37. The van der Waals surface area contributed by atoms with E-state index in [0.717, 1.165) is 18.2 Å². The van der Waals surface area contributed by atoms with Crippen LogP contribution in [0.1, 0.15) is 0 Å². The number of amides is 1. The summed E-state index contributed by atoms with van der Waals surface area (Å²) in [5.74, 6) is -0.548. The normalized spacial score (nSPS) is 14.0. The highest BCUT2D eigenvalue weighted by Gasteiger charge is 2.19. The zero-order valence-corrected chi connectivity index (χ0v) is 19.6. The fraction of sp³-hybridized carbons (Fsp3) is 0.231. The van der Waals surface area contributed by atoms with Crippen LogP contribution in [0.15, 0.2) is 54.9 Å². The number of anilines is 1. The van der Waals surface area contributed by atoms with Gasteiger partial charge in [0.15, 0.2) is 17.5 Å². The number of nitrogens with one attached hydrogen (secondary N) is 2. The Balaban J connectivity index is 1.59. The van der Waals surface area contributed by atoms with Crippen LogP contribution in [0, 0.1) is 11.6 Å². The van der Waals surface area contributed by atoms with E-state index in [-0.39, 0.29) is 18.1 Å². The maximum absolute atomic E-state index is 14.7. The molecule has 2 N–H and O–H groups in total. The number of piperazine rings is 1. The Labute approximate surface area is 206 Å². The van der Waals surface area contributed by atoms with E-state index in [0.29, 0.717) is 53.5 Å². The summed E-state index contributed by atoms with van der Waals surface area (Å²) in [6.45, 7) is 2.41. The molecule has 0 spiro atoms. The SMILES string of the molecule is CNc1nc(-c2cccnc2)nc2c(OCCN3CCNC(=O)C3)cc(-c3cccc(F)c3F)cc12. The molecule has 0 bridgehead atoms. The summed E-state index contributed by atoms with van der Waals surface area (Å²) in [5, 5.41) is 6.47. The lowest BCUT2D eigenvalue weighted by molar-refractivity contribution is -0.124. The average Bonchev–Trinajstić information content (AvgIpc) is 2.90. The number of aromatic nitrogens is 3. The third kappa shape index (κ3) is 4.80. The first-order valence-corrected chi connectivity index (χ1v) is 11.5. The molecule has 0 aliphatic carbocycles. The van der Waals surface area contributed by atoms with Gasteiger partial charge in [0.2, 0.25) is 5.91 Å². The molecule has 0 saturated carbocycles. The van der Waals surface area contributed by atoms with Crippen molar-refractivity contribution in [2.24, 2.45) is 0 Å². The molecule has 0 unspecified atom stereocenters. The number of pyridine rings is 1. The molecular formula is C26H24F2N6O2. The molecule has 1 saturated heterocycles. The number of halogens is 2. The molecule has 1 amide bonds. The molecule has 184 valence electrons. The minimum atomic E-state index is -0.943.